The number of amides is 1. The van der Waals surface area contributed by atoms with Crippen LogP contribution in [0.15, 0.2) is 38.6 Å². The molecule has 1 aromatic carbocycles. The van der Waals surface area contributed by atoms with E-state index in [-0.39, 0.29) is 16.9 Å². The number of aromatic nitrogens is 2. The van der Waals surface area contributed by atoms with E-state index in [4.69, 9.17) is 14.9 Å². The summed E-state index contributed by atoms with van der Waals surface area (Å²) in [5.74, 6) is -0.406. The van der Waals surface area contributed by atoms with Crippen molar-refractivity contribution >= 4 is 39.7 Å². The molecule has 1 amide bonds. The van der Waals surface area contributed by atoms with Crippen LogP contribution in [-0.4, -0.2) is 34.4 Å². The first-order chi connectivity index (χ1) is 12.1. The summed E-state index contributed by atoms with van der Waals surface area (Å²) in [6.07, 6.45) is 0.658. The van der Waals surface area contributed by atoms with Crippen molar-refractivity contribution in [2.75, 3.05) is 19.0 Å². The molecule has 3 rings (SSSR count). The molecule has 3 aromatic rings. The zero-order valence-corrected chi connectivity index (χ0v) is 14.7. The summed E-state index contributed by atoms with van der Waals surface area (Å²) in [4.78, 5) is 28.6. The zero-order valence-electron chi connectivity index (χ0n) is 13.9. The van der Waals surface area contributed by atoms with Crippen LogP contribution in [0, 0.1) is 0 Å². The van der Waals surface area contributed by atoms with Crippen molar-refractivity contribution in [3.8, 4) is 0 Å². The Kier molecular flexibility index (Phi) is 5.40. The molecule has 2 aromatic heterocycles. The van der Waals surface area contributed by atoms with Crippen molar-refractivity contribution < 1.29 is 13.9 Å². The van der Waals surface area contributed by atoms with Crippen LogP contribution < -0.4 is 11.3 Å². The Morgan fingerprint density at radius 1 is 1.40 bits per heavy atom. The maximum Gasteiger partial charge on any atom is 0.297 e. The number of hydrogen-bond acceptors (Lipinski definition) is 6. The number of thioether (sulfide) groups is 1. The van der Waals surface area contributed by atoms with Crippen LogP contribution in [0.3, 0.4) is 0 Å². The van der Waals surface area contributed by atoms with Crippen LogP contribution in [-0.2, 0) is 16.1 Å². The average molecular weight is 361 g/mol. The summed E-state index contributed by atoms with van der Waals surface area (Å²) in [5, 5.41) is 1.23. The molecule has 0 aliphatic rings. The molecule has 0 atom stereocenters. The van der Waals surface area contributed by atoms with Gasteiger partial charge in [0.05, 0.1) is 5.75 Å². The molecule has 0 aliphatic heterocycles. The summed E-state index contributed by atoms with van der Waals surface area (Å²) in [6.45, 7) is 3.52. The number of fused-ring (bicyclic) bond motifs is 3. The molecule has 25 heavy (non-hydrogen) atoms. The predicted molar refractivity (Wildman–Crippen MR) is 96.8 cm³/mol. The van der Waals surface area contributed by atoms with Gasteiger partial charge >= 0.3 is 0 Å². The van der Waals surface area contributed by atoms with E-state index in [2.05, 4.69) is 4.98 Å². The minimum atomic E-state index is -0.461. The lowest BCUT2D eigenvalue weighted by Gasteiger charge is -2.11. The molecule has 2 heterocycles. The predicted octanol–water partition coefficient (Wildman–Crippen LogP) is 2.15. The van der Waals surface area contributed by atoms with Gasteiger partial charge in [0.25, 0.3) is 5.56 Å². The van der Waals surface area contributed by atoms with Gasteiger partial charge in [-0.2, -0.15) is 0 Å². The highest BCUT2D eigenvalue weighted by Gasteiger charge is 2.18. The number of nitrogens with two attached hydrogens (primary N) is 1. The summed E-state index contributed by atoms with van der Waals surface area (Å²) in [6, 6.07) is 7.36. The van der Waals surface area contributed by atoms with E-state index in [1.54, 1.807) is 6.07 Å². The Morgan fingerprint density at radius 3 is 2.96 bits per heavy atom. The van der Waals surface area contributed by atoms with Gasteiger partial charge in [-0.25, -0.2) is 4.98 Å². The van der Waals surface area contributed by atoms with E-state index in [1.165, 1.54) is 4.57 Å². The molecule has 132 valence electrons. The molecule has 7 nitrogen and oxygen atoms in total. The number of benzene rings is 1. The number of furan rings is 1. The summed E-state index contributed by atoms with van der Waals surface area (Å²) < 4.78 is 12.6. The number of hydrogen-bond donors (Lipinski definition) is 1. The lowest BCUT2D eigenvalue weighted by atomic mass is 10.2. The Morgan fingerprint density at radius 2 is 2.20 bits per heavy atom. The Labute approximate surface area is 148 Å². The van der Waals surface area contributed by atoms with Crippen LogP contribution in [0.2, 0.25) is 0 Å². The Balaban J connectivity index is 2.07. The van der Waals surface area contributed by atoms with E-state index in [1.807, 2.05) is 25.1 Å². The second kappa shape index (κ2) is 7.71. The van der Waals surface area contributed by atoms with Crippen molar-refractivity contribution in [2.45, 2.75) is 25.0 Å². The summed E-state index contributed by atoms with van der Waals surface area (Å²) >= 11 is 1.15. The highest BCUT2D eigenvalue weighted by molar-refractivity contribution is 7.99. The zero-order chi connectivity index (χ0) is 17.8. The number of nitrogens with zero attached hydrogens (tertiary/aromatic N) is 2. The summed E-state index contributed by atoms with van der Waals surface area (Å²) in [7, 11) is 0. The number of carbonyl (C=O) groups is 1. The molecule has 0 unspecified atom stereocenters. The fourth-order valence-corrected chi connectivity index (χ4v) is 3.32. The second-order valence-corrected chi connectivity index (χ2v) is 6.38. The quantitative estimate of drug-likeness (QED) is 0.375. The van der Waals surface area contributed by atoms with E-state index >= 15 is 0 Å². The van der Waals surface area contributed by atoms with Crippen molar-refractivity contribution in [1.82, 2.24) is 9.55 Å². The van der Waals surface area contributed by atoms with Crippen molar-refractivity contribution in [1.29, 1.82) is 0 Å². The van der Waals surface area contributed by atoms with Gasteiger partial charge in [-0.1, -0.05) is 23.9 Å². The molecule has 0 bridgehead atoms. The maximum absolute atomic E-state index is 12.9. The van der Waals surface area contributed by atoms with Crippen molar-refractivity contribution in [3.63, 3.8) is 0 Å². The first-order valence-corrected chi connectivity index (χ1v) is 9.01. The first kappa shape index (κ1) is 17.5. The van der Waals surface area contributed by atoms with Crippen LogP contribution in [0.4, 0.5) is 0 Å². The molecule has 0 radical (unpaired) electrons. The third-order valence-corrected chi connectivity index (χ3v) is 4.66. The molecule has 8 heteroatoms. The summed E-state index contributed by atoms with van der Waals surface area (Å²) in [5.41, 5.74) is 6.32. The van der Waals surface area contributed by atoms with Gasteiger partial charge in [0.15, 0.2) is 5.16 Å². The third kappa shape index (κ3) is 3.69. The van der Waals surface area contributed by atoms with Gasteiger partial charge < -0.3 is 14.9 Å². The lowest BCUT2D eigenvalue weighted by molar-refractivity contribution is -0.115. The molecule has 0 saturated carbocycles. The highest BCUT2D eigenvalue weighted by Crippen LogP contribution is 2.27. The van der Waals surface area contributed by atoms with E-state index in [0.29, 0.717) is 42.4 Å². The monoisotopic (exact) mass is 361 g/mol. The fraction of sp³-hybridized carbons (Fsp3) is 0.353. The minimum Gasteiger partial charge on any atom is -0.448 e. The SMILES string of the molecule is CCOCCCn1c(SCC(N)=O)nc2c(oc3ccccc32)c1=O. The lowest BCUT2D eigenvalue weighted by Crippen LogP contribution is -2.24. The Hall–Kier alpha value is -2.32. The number of rotatable bonds is 8. The smallest absolute Gasteiger partial charge is 0.297 e. The fourth-order valence-electron chi connectivity index (χ4n) is 2.57. The number of para-hydroxylation sites is 1. The second-order valence-electron chi connectivity index (χ2n) is 5.43. The van der Waals surface area contributed by atoms with E-state index in [9.17, 15) is 9.59 Å². The van der Waals surface area contributed by atoms with Crippen molar-refractivity contribution in [2.24, 2.45) is 5.73 Å². The molecular formula is C17H19N3O4S. The first-order valence-electron chi connectivity index (χ1n) is 8.02. The average Bonchev–Trinajstić information content (AvgIpc) is 2.97. The van der Waals surface area contributed by atoms with Gasteiger partial charge in [-0.15, -0.1) is 0 Å². The Bertz CT molecular complexity index is 964. The van der Waals surface area contributed by atoms with Crippen molar-refractivity contribution in [3.05, 3.63) is 34.6 Å². The molecule has 0 spiro atoms. The van der Waals surface area contributed by atoms with Crippen LogP contribution in [0.5, 0.6) is 0 Å². The highest BCUT2D eigenvalue weighted by atomic mass is 32.2. The maximum atomic E-state index is 12.9. The van der Waals surface area contributed by atoms with E-state index in [0.717, 1.165) is 17.1 Å². The molecule has 0 saturated heterocycles. The topological polar surface area (TPSA) is 100 Å². The van der Waals surface area contributed by atoms with Crippen LogP contribution in [0.1, 0.15) is 13.3 Å². The number of ether oxygens (including phenoxy) is 1. The number of primary amides is 1. The molecular weight excluding hydrogens is 342 g/mol. The molecule has 0 aliphatic carbocycles. The minimum absolute atomic E-state index is 0.0548. The van der Waals surface area contributed by atoms with Gasteiger partial charge in [0.1, 0.15) is 11.1 Å². The van der Waals surface area contributed by atoms with Gasteiger partial charge in [0, 0.05) is 25.1 Å². The molecule has 2 N–H and O–H groups in total. The largest absolute Gasteiger partial charge is 0.448 e. The van der Waals surface area contributed by atoms with E-state index < -0.39 is 5.91 Å². The normalized spacial score (nSPS) is 11.4. The van der Waals surface area contributed by atoms with Gasteiger partial charge in [-0.3, -0.25) is 14.2 Å². The van der Waals surface area contributed by atoms with Crippen LogP contribution in [0.25, 0.3) is 22.1 Å². The van der Waals surface area contributed by atoms with Gasteiger partial charge in [0.2, 0.25) is 11.5 Å². The van der Waals surface area contributed by atoms with Crippen LogP contribution >= 0.6 is 11.8 Å². The standard InChI is InChI=1S/C17H19N3O4S/c1-2-23-9-5-8-20-16(22)15-14(19-17(20)25-10-13(18)21)11-6-3-4-7-12(11)24-15/h3-4,6-7H,2,5,8-10H2,1H3,(H2,18,21). The number of carbonyl (C=O) groups excluding carboxylic acids is 1. The van der Waals surface area contributed by atoms with Gasteiger partial charge in [-0.05, 0) is 25.5 Å². The molecule has 0 fully saturated rings. The third-order valence-electron chi connectivity index (χ3n) is 3.67.